The quantitative estimate of drug-likeness (QED) is 0.148. The van der Waals surface area contributed by atoms with Crippen molar-refractivity contribution >= 4 is 17.1 Å². The van der Waals surface area contributed by atoms with Crippen LogP contribution >= 0.6 is 0 Å². The number of anilines is 3. The van der Waals surface area contributed by atoms with Crippen molar-refractivity contribution in [2.45, 2.75) is 37.5 Å². The van der Waals surface area contributed by atoms with Crippen LogP contribution in [0.2, 0.25) is 0 Å². The summed E-state index contributed by atoms with van der Waals surface area (Å²) in [6.07, 6.45) is 6.19. The Kier molecular flexibility index (Phi) is 9.51. The molecular weight excluding hydrogens is 735 g/mol. The van der Waals surface area contributed by atoms with Crippen LogP contribution in [0.25, 0.3) is 66.8 Å². The molecule has 0 bridgehead atoms. The van der Waals surface area contributed by atoms with Gasteiger partial charge in [-0.05, 0) is 122 Å². The van der Waals surface area contributed by atoms with E-state index in [0.717, 1.165) is 11.4 Å². The Balaban J connectivity index is 1.17. The third-order valence-electron chi connectivity index (χ3n) is 13.3. The van der Waals surface area contributed by atoms with Gasteiger partial charge in [0.15, 0.2) is 0 Å². The van der Waals surface area contributed by atoms with Gasteiger partial charge in [-0.25, -0.2) is 0 Å². The number of benzene rings is 9. The van der Waals surface area contributed by atoms with E-state index in [9.17, 15) is 0 Å². The lowest BCUT2D eigenvalue weighted by molar-refractivity contribution is 0.353. The van der Waals surface area contributed by atoms with E-state index in [1.54, 1.807) is 0 Å². The van der Waals surface area contributed by atoms with Crippen LogP contribution in [0, 0.1) is 0 Å². The van der Waals surface area contributed by atoms with Crippen LogP contribution in [-0.2, 0) is 5.41 Å². The minimum atomic E-state index is 0.0280. The molecule has 0 heterocycles. The summed E-state index contributed by atoms with van der Waals surface area (Å²) in [5, 5.41) is 0. The predicted molar refractivity (Wildman–Crippen MR) is 258 cm³/mol. The van der Waals surface area contributed by atoms with Crippen molar-refractivity contribution in [3.05, 3.63) is 236 Å². The van der Waals surface area contributed by atoms with Crippen LogP contribution in [0.15, 0.2) is 224 Å². The fourth-order valence-electron chi connectivity index (χ4n) is 10.5. The molecule has 9 aromatic rings. The Hall–Kier alpha value is -7.22. The molecule has 1 spiro atoms. The molecular formula is C60H47N. The Bertz CT molecular complexity index is 2940. The Labute approximate surface area is 360 Å². The summed E-state index contributed by atoms with van der Waals surface area (Å²) in [6.45, 7) is 0. The molecule has 0 saturated heterocycles. The Morgan fingerprint density at radius 2 is 0.738 bits per heavy atom. The standard InChI is InChI=1S/C60H47N/c1-5-21-43(22-6-1)46-39-47(44-23-7-2-8-24-44)41-49(40-46)61(48-35-36-55-54-31-15-17-33-57(54)60(58(55)42-48)37-19-4-20-38-60)59-34-18-16-32-56(59)53-30-14-13-29-52(53)51-28-12-11-27-50(51)45-25-9-3-10-26-45/h1-3,5-18,21-36,39-42H,4,19-20,37-38H2. The SMILES string of the molecule is c1ccc(-c2cc(-c3ccccc3)cc(N(c3ccc4c(c3)C3(CCCCC3)c3ccccc3-4)c3ccccc3-c3ccccc3-c3ccccc3-c3ccccc3)c2)cc1. The second kappa shape index (κ2) is 15.8. The minimum Gasteiger partial charge on any atom is -0.310 e. The van der Waals surface area contributed by atoms with Gasteiger partial charge in [0.1, 0.15) is 0 Å². The Morgan fingerprint density at radius 1 is 0.279 bits per heavy atom. The molecule has 2 aliphatic rings. The second-order valence-corrected chi connectivity index (χ2v) is 16.7. The van der Waals surface area contributed by atoms with E-state index in [1.165, 1.54) is 116 Å². The monoisotopic (exact) mass is 781 g/mol. The normalized spacial score (nSPS) is 13.7. The molecule has 0 amide bonds. The fourth-order valence-corrected chi connectivity index (χ4v) is 10.5. The van der Waals surface area contributed by atoms with Crippen LogP contribution < -0.4 is 4.90 Å². The van der Waals surface area contributed by atoms with Crippen LogP contribution in [0.1, 0.15) is 43.2 Å². The van der Waals surface area contributed by atoms with Crippen LogP contribution in [0.3, 0.4) is 0 Å². The molecule has 0 unspecified atom stereocenters. The zero-order valence-electron chi connectivity index (χ0n) is 34.3. The van der Waals surface area contributed by atoms with Gasteiger partial charge in [0.05, 0.1) is 5.69 Å². The van der Waals surface area contributed by atoms with Crippen molar-refractivity contribution in [2.75, 3.05) is 4.90 Å². The van der Waals surface area contributed by atoms with E-state index in [-0.39, 0.29) is 5.41 Å². The lowest BCUT2D eigenvalue weighted by atomic mass is 9.68. The van der Waals surface area contributed by atoms with Crippen molar-refractivity contribution in [3.63, 3.8) is 0 Å². The molecule has 0 atom stereocenters. The average Bonchev–Trinajstić information content (AvgIpc) is 3.60. The number of para-hydroxylation sites is 1. The molecule has 11 rings (SSSR count). The van der Waals surface area contributed by atoms with Crippen molar-refractivity contribution in [1.82, 2.24) is 0 Å². The average molecular weight is 782 g/mol. The number of fused-ring (bicyclic) bond motifs is 5. The summed E-state index contributed by atoms with van der Waals surface area (Å²) < 4.78 is 0. The molecule has 1 heteroatoms. The third-order valence-corrected chi connectivity index (χ3v) is 13.3. The predicted octanol–water partition coefficient (Wildman–Crippen LogP) is 16.7. The highest BCUT2D eigenvalue weighted by Gasteiger charge is 2.44. The highest BCUT2D eigenvalue weighted by atomic mass is 15.1. The molecule has 1 nitrogen and oxygen atoms in total. The zero-order chi connectivity index (χ0) is 40.6. The molecule has 0 radical (unpaired) electrons. The number of hydrogen-bond acceptors (Lipinski definition) is 1. The second-order valence-electron chi connectivity index (χ2n) is 16.7. The molecule has 292 valence electrons. The van der Waals surface area contributed by atoms with E-state index in [1.807, 2.05) is 0 Å². The van der Waals surface area contributed by atoms with Crippen molar-refractivity contribution in [1.29, 1.82) is 0 Å². The summed E-state index contributed by atoms with van der Waals surface area (Å²) in [5.41, 5.74) is 21.3. The number of hydrogen-bond donors (Lipinski definition) is 0. The molecule has 0 aliphatic heterocycles. The maximum absolute atomic E-state index is 2.56. The smallest absolute Gasteiger partial charge is 0.0540 e. The first-order chi connectivity index (χ1) is 30.2. The maximum Gasteiger partial charge on any atom is 0.0540 e. The van der Waals surface area contributed by atoms with Crippen molar-refractivity contribution in [3.8, 4) is 66.8 Å². The van der Waals surface area contributed by atoms with Crippen molar-refractivity contribution in [2.24, 2.45) is 0 Å². The number of nitrogens with zero attached hydrogens (tertiary/aromatic N) is 1. The van der Waals surface area contributed by atoms with Gasteiger partial charge in [0, 0.05) is 22.4 Å². The molecule has 1 saturated carbocycles. The first-order valence-electron chi connectivity index (χ1n) is 21.9. The summed E-state index contributed by atoms with van der Waals surface area (Å²) in [4.78, 5) is 2.55. The van der Waals surface area contributed by atoms with Crippen LogP contribution in [0.4, 0.5) is 17.1 Å². The van der Waals surface area contributed by atoms with E-state index >= 15 is 0 Å². The van der Waals surface area contributed by atoms with Gasteiger partial charge in [-0.2, -0.15) is 0 Å². The molecule has 1 fully saturated rings. The molecule has 2 aliphatic carbocycles. The fraction of sp³-hybridized carbons (Fsp3) is 0.100. The van der Waals surface area contributed by atoms with Gasteiger partial charge in [0.25, 0.3) is 0 Å². The van der Waals surface area contributed by atoms with Gasteiger partial charge >= 0.3 is 0 Å². The first-order valence-corrected chi connectivity index (χ1v) is 21.9. The van der Waals surface area contributed by atoms with E-state index in [0.29, 0.717) is 0 Å². The minimum absolute atomic E-state index is 0.0280. The summed E-state index contributed by atoms with van der Waals surface area (Å²) >= 11 is 0. The largest absolute Gasteiger partial charge is 0.310 e. The summed E-state index contributed by atoms with van der Waals surface area (Å²) in [6, 6.07) is 83.1. The van der Waals surface area contributed by atoms with Gasteiger partial charge in [-0.3, -0.25) is 0 Å². The molecule has 0 aromatic heterocycles. The molecule has 0 N–H and O–H groups in total. The highest BCUT2D eigenvalue weighted by molar-refractivity contribution is 5.98. The van der Waals surface area contributed by atoms with Gasteiger partial charge in [0.2, 0.25) is 0 Å². The molecule has 61 heavy (non-hydrogen) atoms. The van der Waals surface area contributed by atoms with Crippen molar-refractivity contribution < 1.29 is 0 Å². The van der Waals surface area contributed by atoms with E-state index in [2.05, 4.69) is 229 Å². The maximum atomic E-state index is 2.56. The lowest BCUT2D eigenvalue weighted by Gasteiger charge is -2.37. The van der Waals surface area contributed by atoms with E-state index < -0.39 is 0 Å². The lowest BCUT2D eigenvalue weighted by Crippen LogP contribution is -2.28. The zero-order valence-corrected chi connectivity index (χ0v) is 34.3. The topological polar surface area (TPSA) is 3.24 Å². The van der Waals surface area contributed by atoms with Gasteiger partial charge in [-0.15, -0.1) is 0 Å². The summed E-state index contributed by atoms with van der Waals surface area (Å²) in [5.74, 6) is 0. The van der Waals surface area contributed by atoms with E-state index in [4.69, 9.17) is 0 Å². The highest BCUT2D eigenvalue weighted by Crippen LogP contribution is 2.57. The first kappa shape index (κ1) is 36.8. The van der Waals surface area contributed by atoms with Crippen LogP contribution in [-0.4, -0.2) is 0 Å². The third kappa shape index (κ3) is 6.58. The summed E-state index contributed by atoms with van der Waals surface area (Å²) in [7, 11) is 0. The Morgan fingerprint density at radius 3 is 1.36 bits per heavy atom. The van der Waals surface area contributed by atoms with Crippen LogP contribution in [0.5, 0.6) is 0 Å². The number of rotatable bonds is 8. The van der Waals surface area contributed by atoms with Gasteiger partial charge in [-0.1, -0.05) is 207 Å². The molecule has 9 aromatic carbocycles. The van der Waals surface area contributed by atoms with Gasteiger partial charge < -0.3 is 4.90 Å².